The Bertz CT molecular complexity index is 1070. The van der Waals surface area contributed by atoms with E-state index < -0.39 is 20.9 Å². The Morgan fingerprint density at radius 2 is 1.55 bits per heavy atom. The highest BCUT2D eigenvalue weighted by atomic mass is 35.5. The normalized spacial score (nSPS) is 15.3. The van der Waals surface area contributed by atoms with E-state index in [1.807, 2.05) is 0 Å². The second-order valence-electron chi connectivity index (χ2n) is 6.17. The zero-order valence-corrected chi connectivity index (χ0v) is 17.8. The second kappa shape index (κ2) is 8.45. The monoisotopic (exact) mass is 477 g/mol. The van der Waals surface area contributed by atoms with E-state index in [0.717, 1.165) is 6.07 Å². The number of carbonyl (C=O) groups excluding carboxylic acids is 1. The van der Waals surface area contributed by atoms with Gasteiger partial charge >= 0.3 is 0 Å². The number of nitro groups is 1. The Labute approximate surface area is 181 Å². The van der Waals surface area contributed by atoms with Crippen LogP contribution in [0.2, 0.25) is 15.1 Å². The molecule has 0 atom stereocenters. The first kappa shape index (κ1) is 21.8. The number of nitro benzene ring substituents is 1. The number of sulfonamides is 1. The van der Waals surface area contributed by atoms with Crippen LogP contribution < -0.4 is 0 Å². The summed E-state index contributed by atoms with van der Waals surface area (Å²) in [6.45, 7) is 0.321. The van der Waals surface area contributed by atoms with Gasteiger partial charge in [-0.15, -0.1) is 0 Å². The average molecular weight is 479 g/mol. The number of hydrogen-bond donors (Lipinski definition) is 0. The molecule has 0 N–H and O–H groups in total. The molecule has 1 fully saturated rings. The molecule has 2 aromatic rings. The van der Waals surface area contributed by atoms with E-state index in [4.69, 9.17) is 34.8 Å². The van der Waals surface area contributed by atoms with Crippen LogP contribution in [-0.4, -0.2) is 54.6 Å². The minimum atomic E-state index is -3.93. The summed E-state index contributed by atoms with van der Waals surface area (Å²) < 4.78 is 27.0. The number of amides is 1. The number of non-ortho nitro benzene ring substituents is 1. The molecule has 12 heteroatoms. The van der Waals surface area contributed by atoms with E-state index in [9.17, 15) is 23.3 Å². The van der Waals surface area contributed by atoms with Gasteiger partial charge in [-0.1, -0.05) is 40.9 Å². The lowest BCUT2D eigenvalue weighted by Crippen LogP contribution is -2.50. The van der Waals surface area contributed by atoms with Crippen LogP contribution in [0.4, 0.5) is 5.69 Å². The molecule has 1 aliphatic rings. The van der Waals surface area contributed by atoms with Gasteiger partial charge < -0.3 is 4.90 Å². The number of carbonyl (C=O) groups is 1. The molecular weight excluding hydrogens is 465 g/mol. The lowest BCUT2D eigenvalue weighted by Gasteiger charge is -2.34. The first-order valence-corrected chi connectivity index (χ1v) is 10.9. The van der Waals surface area contributed by atoms with Crippen LogP contribution >= 0.6 is 34.8 Å². The van der Waals surface area contributed by atoms with E-state index in [-0.39, 0.29) is 57.4 Å². The number of benzene rings is 2. The van der Waals surface area contributed by atoms with Crippen molar-refractivity contribution in [3.05, 3.63) is 67.1 Å². The molecule has 2 aromatic carbocycles. The molecule has 0 radical (unpaired) electrons. The Hall–Kier alpha value is -1.91. The zero-order valence-electron chi connectivity index (χ0n) is 14.7. The van der Waals surface area contributed by atoms with E-state index in [0.29, 0.717) is 0 Å². The zero-order chi connectivity index (χ0) is 21.3. The number of piperazine rings is 1. The first-order chi connectivity index (χ1) is 13.6. The second-order valence-corrected chi connectivity index (χ2v) is 9.26. The molecule has 0 bridgehead atoms. The predicted octanol–water partition coefficient (Wildman–Crippen LogP) is 3.70. The van der Waals surface area contributed by atoms with Crippen molar-refractivity contribution in [3.63, 3.8) is 0 Å². The summed E-state index contributed by atoms with van der Waals surface area (Å²) in [5.41, 5.74) is -0.109. The summed E-state index contributed by atoms with van der Waals surface area (Å²) in [4.78, 5) is 24.2. The maximum Gasteiger partial charge on any atom is 0.270 e. The molecule has 1 aliphatic heterocycles. The van der Waals surface area contributed by atoms with E-state index in [2.05, 4.69) is 0 Å². The van der Waals surface area contributed by atoms with Crippen LogP contribution in [0.5, 0.6) is 0 Å². The molecule has 3 rings (SSSR count). The highest BCUT2D eigenvalue weighted by Crippen LogP contribution is 2.32. The van der Waals surface area contributed by atoms with Gasteiger partial charge in [-0.3, -0.25) is 14.9 Å². The number of hydrogen-bond acceptors (Lipinski definition) is 5. The Morgan fingerprint density at radius 1 is 0.966 bits per heavy atom. The summed E-state index contributed by atoms with van der Waals surface area (Å²) in [6.07, 6.45) is 0. The summed E-state index contributed by atoms with van der Waals surface area (Å²) >= 11 is 18.1. The fourth-order valence-corrected chi connectivity index (χ4v) is 5.72. The minimum absolute atomic E-state index is 0.0219. The third kappa shape index (κ3) is 4.34. The van der Waals surface area contributed by atoms with Crippen molar-refractivity contribution in [3.8, 4) is 0 Å². The molecular formula is C17H14Cl3N3O5S. The van der Waals surface area contributed by atoms with Crippen LogP contribution in [0.3, 0.4) is 0 Å². The molecule has 1 amide bonds. The van der Waals surface area contributed by atoms with Crippen molar-refractivity contribution in [2.24, 2.45) is 0 Å². The van der Waals surface area contributed by atoms with Gasteiger partial charge in [0, 0.05) is 38.3 Å². The Kier molecular flexibility index (Phi) is 6.35. The maximum atomic E-state index is 12.9. The molecule has 0 unspecified atom stereocenters. The lowest BCUT2D eigenvalue weighted by atomic mass is 10.1. The summed E-state index contributed by atoms with van der Waals surface area (Å²) in [6, 6.07) is 8.02. The van der Waals surface area contributed by atoms with E-state index in [1.54, 1.807) is 6.07 Å². The van der Waals surface area contributed by atoms with Crippen LogP contribution in [0, 0.1) is 10.1 Å². The highest BCUT2D eigenvalue weighted by Gasteiger charge is 2.33. The van der Waals surface area contributed by atoms with Crippen molar-refractivity contribution in [1.29, 1.82) is 0 Å². The van der Waals surface area contributed by atoms with Gasteiger partial charge in [-0.05, 0) is 18.2 Å². The van der Waals surface area contributed by atoms with Gasteiger partial charge in [0.05, 0.1) is 25.6 Å². The average Bonchev–Trinajstić information content (AvgIpc) is 2.67. The summed E-state index contributed by atoms with van der Waals surface area (Å²) in [5, 5.41) is 10.8. The lowest BCUT2D eigenvalue weighted by molar-refractivity contribution is -0.384. The minimum Gasteiger partial charge on any atom is -0.336 e. The standard InChI is InChI=1S/C17H14Cl3N3O5S/c18-13-2-1-3-14(19)16(13)29(27,28)22-8-6-21(7-9-22)17(24)12-5-4-11(23(25)26)10-15(12)20/h1-5,10H,6-9H2. The molecule has 154 valence electrons. The van der Waals surface area contributed by atoms with Crippen LogP contribution in [0.1, 0.15) is 10.4 Å². The largest absolute Gasteiger partial charge is 0.336 e. The Balaban J connectivity index is 1.75. The third-order valence-electron chi connectivity index (χ3n) is 4.44. The maximum absolute atomic E-state index is 12.9. The highest BCUT2D eigenvalue weighted by molar-refractivity contribution is 7.89. The predicted molar refractivity (Wildman–Crippen MR) is 109 cm³/mol. The summed E-state index contributed by atoms with van der Waals surface area (Å²) in [5.74, 6) is -0.433. The van der Waals surface area contributed by atoms with Crippen molar-refractivity contribution in [1.82, 2.24) is 9.21 Å². The van der Waals surface area contributed by atoms with Crippen LogP contribution in [-0.2, 0) is 10.0 Å². The molecule has 0 saturated carbocycles. The smallest absolute Gasteiger partial charge is 0.270 e. The molecule has 0 spiro atoms. The molecule has 29 heavy (non-hydrogen) atoms. The molecule has 0 aromatic heterocycles. The van der Waals surface area contributed by atoms with Crippen molar-refractivity contribution in [2.45, 2.75) is 4.90 Å². The van der Waals surface area contributed by atoms with Crippen molar-refractivity contribution in [2.75, 3.05) is 26.2 Å². The van der Waals surface area contributed by atoms with Gasteiger partial charge in [0.1, 0.15) is 4.90 Å². The van der Waals surface area contributed by atoms with Crippen molar-refractivity contribution < 1.29 is 18.1 Å². The number of nitrogens with zero attached hydrogens (tertiary/aromatic N) is 3. The molecule has 1 heterocycles. The fraction of sp³-hybridized carbons (Fsp3) is 0.235. The van der Waals surface area contributed by atoms with Gasteiger partial charge in [0.2, 0.25) is 10.0 Å². The van der Waals surface area contributed by atoms with Crippen LogP contribution in [0.15, 0.2) is 41.3 Å². The SMILES string of the molecule is O=C(c1ccc([N+](=O)[O-])cc1Cl)N1CCN(S(=O)(=O)c2c(Cl)cccc2Cl)CC1. The molecule has 8 nitrogen and oxygen atoms in total. The third-order valence-corrected chi connectivity index (χ3v) is 7.60. The van der Waals surface area contributed by atoms with Crippen molar-refractivity contribution >= 4 is 56.4 Å². The number of rotatable bonds is 4. The van der Waals surface area contributed by atoms with Gasteiger partial charge in [0.25, 0.3) is 11.6 Å². The molecule has 1 saturated heterocycles. The number of halogens is 3. The topological polar surface area (TPSA) is 101 Å². The van der Waals surface area contributed by atoms with E-state index >= 15 is 0 Å². The quantitative estimate of drug-likeness (QED) is 0.492. The molecule has 0 aliphatic carbocycles. The Morgan fingerprint density at radius 3 is 2.07 bits per heavy atom. The van der Waals surface area contributed by atoms with Gasteiger partial charge in [0.15, 0.2) is 0 Å². The van der Waals surface area contributed by atoms with Gasteiger partial charge in [-0.25, -0.2) is 8.42 Å². The van der Waals surface area contributed by atoms with Crippen LogP contribution in [0.25, 0.3) is 0 Å². The first-order valence-electron chi connectivity index (χ1n) is 8.30. The van der Waals surface area contributed by atoms with E-state index in [1.165, 1.54) is 33.5 Å². The van der Waals surface area contributed by atoms with Gasteiger partial charge in [-0.2, -0.15) is 4.31 Å². The fourth-order valence-electron chi connectivity index (χ4n) is 2.95. The summed E-state index contributed by atoms with van der Waals surface area (Å²) in [7, 11) is -3.93.